The quantitative estimate of drug-likeness (QED) is 0.471. The lowest BCUT2D eigenvalue weighted by Crippen LogP contribution is -2.36. The molecule has 0 atom stereocenters. The molecule has 0 bridgehead atoms. The van der Waals surface area contributed by atoms with Gasteiger partial charge in [0.15, 0.2) is 16.6 Å². The molecule has 0 unspecified atom stereocenters. The number of methoxy groups -OCH3 is 3. The summed E-state index contributed by atoms with van der Waals surface area (Å²) in [6, 6.07) is 7.50. The standard InChI is InChI=1S/C23H29N3O4S.ClH/c1-14-8-9-19-20(15(14)2)24-23(31-19)26(11-10-25(3)4)22(27)16-12-17(28-5)21(30-7)18(13-16)29-6;/h8-9,12-13H,10-11H2,1-7H3;1H. The van der Waals surface area contributed by atoms with Gasteiger partial charge in [-0.1, -0.05) is 17.4 Å². The molecule has 1 heterocycles. The van der Waals surface area contributed by atoms with Crippen LogP contribution in [0.1, 0.15) is 21.5 Å². The Balaban J connectivity index is 0.00000363. The fourth-order valence-electron chi connectivity index (χ4n) is 3.27. The zero-order valence-corrected chi connectivity index (χ0v) is 21.1. The van der Waals surface area contributed by atoms with Gasteiger partial charge in [-0.05, 0) is 57.3 Å². The average Bonchev–Trinajstić information content (AvgIpc) is 3.19. The highest BCUT2D eigenvalue weighted by Crippen LogP contribution is 2.39. The third-order valence-corrected chi connectivity index (χ3v) is 6.28. The second-order valence-corrected chi connectivity index (χ2v) is 8.53. The van der Waals surface area contributed by atoms with E-state index in [9.17, 15) is 4.79 Å². The molecule has 1 aromatic heterocycles. The van der Waals surface area contributed by atoms with Crippen LogP contribution >= 0.6 is 23.7 Å². The summed E-state index contributed by atoms with van der Waals surface area (Å²) < 4.78 is 17.3. The number of nitrogens with zero attached hydrogens (tertiary/aromatic N) is 3. The number of hydrogen-bond acceptors (Lipinski definition) is 7. The number of fused-ring (bicyclic) bond motifs is 1. The van der Waals surface area contributed by atoms with Gasteiger partial charge in [0.2, 0.25) is 5.75 Å². The largest absolute Gasteiger partial charge is 0.493 e. The summed E-state index contributed by atoms with van der Waals surface area (Å²) in [6.45, 7) is 5.33. The molecule has 0 saturated heterocycles. The van der Waals surface area contributed by atoms with Crippen LogP contribution in [0.3, 0.4) is 0 Å². The number of carbonyl (C=O) groups is 1. The molecule has 9 heteroatoms. The first-order valence-electron chi connectivity index (χ1n) is 9.94. The summed E-state index contributed by atoms with van der Waals surface area (Å²) in [7, 11) is 8.57. The van der Waals surface area contributed by atoms with Crippen LogP contribution in [0.5, 0.6) is 17.2 Å². The molecule has 7 nitrogen and oxygen atoms in total. The summed E-state index contributed by atoms with van der Waals surface area (Å²) >= 11 is 1.52. The normalized spacial score (nSPS) is 10.8. The molecule has 3 rings (SSSR count). The molecule has 0 radical (unpaired) electrons. The van der Waals surface area contributed by atoms with Crippen molar-refractivity contribution in [2.24, 2.45) is 0 Å². The van der Waals surface area contributed by atoms with E-state index in [0.29, 0.717) is 41.0 Å². The Morgan fingerprint density at radius 2 is 1.62 bits per heavy atom. The minimum atomic E-state index is -0.172. The van der Waals surface area contributed by atoms with E-state index in [1.54, 1.807) is 17.0 Å². The summed E-state index contributed by atoms with van der Waals surface area (Å²) in [6.07, 6.45) is 0. The molecule has 0 saturated carbocycles. The molecule has 3 aromatic rings. The predicted octanol–water partition coefficient (Wildman–Crippen LogP) is 4.57. The molecule has 32 heavy (non-hydrogen) atoms. The van der Waals surface area contributed by atoms with Crippen molar-refractivity contribution in [3.8, 4) is 17.2 Å². The van der Waals surface area contributed by atoms with Gasteiger partial charge in [-0.25, -0.2) is 4.98 Å². The monoisotopic (exact) mass is 479 g/mol. The minimum Gasteiger partial charge on any atom is -0.493 e. The van der Waals surface area contributed by atoms with Crippen molar-refractivity contribution in [1.29, 1.82) is 0 Å². The Labute approximate surface area is 199 Å². The zero-order chi connectivity index (χ0) is 22.7. The molecule has 0 aliphatic rings. The van der Waals surface area contributed by atoms with E-state index in [1.165, 1.54) is 38.2 Å². The predicted molar refractivity (Wildman–Crippen MR) is 133 cm³/mol. The van der Waals surface area contributed by atoms with Crippen molar-refractivity contribution in [3.05, 3.63) is 41.0 Å². The van der Waals surface area contributed by atoms with Crippen molar-refractivity contribution >= 4 is 45.0 Å². The second kappa shape index (κ2) is 10.8. The number of benzene rings is 2. The Morgan fingerprint density at radius 3 is 2.16 bits per heavy atom. The maximum atomic E-state index is 13.6. The number of halogens is 1. The number of ether oxygens (including phenoxy) is 3. The van der Waals surface area contributed by atoms with Crippen LogP contribution in [0.25, 0.3) is 10.2 Å². The highest BCUT2D eigenvalue weighted by molar-refractivity contribution is 7.22. The highest BCUT2D eigenvalue weighted by atomic mass is 35.5. The van der Waals surface area contributed by atoms with Crippen LogP contribution in [0.2, 0.25) is 0 Å². The number of likely N-dealkylation sites (N-methyl/N-ethyl adjacent to an activating group) is 1. The minimum absolute atomic E-state index is 0. The SMILES string of the molecule is COc1cc(C(=O)N(CCN(C)C)c2nc3c(C)c(C)ccc3s2)cc(OC)c1OC.Cl. The number of hydrogen-bond donors (Lipinski definition) is 0. The third-order valence-electron chi connectivity index (χ3n) is 5.23. The van der Waals surface area contributed by atoms with Gasteiger partial charge in [0.25, 0.3) is 5.91 Å². The van der Waals surface area contributed by atoms with Crippen molar-refractivity contribution < 1.29 is 19.0 Å². The van der Waals surface area contributed by atoms with Crippen LogP contribution in [-0.2, 0) is 0 Å². The lowest BCUT2D eigenvalue weighted by molar-refractivity contribution is 0.0984. The van der Waals surface area contributed by atoms with Gasteiger partial charge in [-0.3, -0.25) is 9.69 Å². The summed E-state index contributed by atoms with van der Waals surface area (Å²) in [5, 5.41) is 0.671. The third kappa shape index (κ3) is 5.09. The lowest BCUT2D eigenvalue weighted by atomic mass is 10.1. The Morgan fingerprint density at radius 1 is 1.00 bits per heavy atom. The van der Waals surface area contributed by atoms with Crippen molar-refractivity contribution in [1.82, 2.24) is 9.88 Å². The molecule has 0 spiro atoms. The number of aromatic nitrogens is 1. The fraction of sp³-hybridized carbons (Fsp3) is 0.391. The molecule has 0 aliphatic carbocycles. The number of anilines is 1. The average molecular weight is 480 g/mol. The van der Waals surface area contributed by atoms with Crippen LogP contribution in [-0.4, -0.2) is 64.3 Å². The van der Waals surface area contributed by atoms with E-state index in [-0.39, 0.29) is 18.3 Å². The van der Waals surface area contributed by atoms with Gasteiger partial charge < -0.3 is 19.1 Å². The Kier molecular flexibility index (Phi) is 8.72. The summed E-state index contributed by atoms with van der Waals surface area (Å²) in [5.41, 5.74) is 3.70. The summed E-state index contributed by atoms with van der Waals surface area (Å²) in [4.78, 5) is 22.2. The van der Waals surface area contributed by atoms with Gasteiger partial charge in [0.1, 0.15) is 0 Å². The second-order valence-electron chi connectivity index (χ2n) is 7.52. The summed E-state index contributed by atoms with van der Waals surface area (Å²) in [5.74, 6) is 1.16. The first-order valence-corrected chi connectivity index (χ1v) is 10.8. The van der Waals surface area contributed by atoms with E-state index in [1.807, 2.05) is 19.0 Å². The number of thiazole rings is 1. The first kappa shape index (κ1) is 25.7. The molecular weight excluding hydrogens is 450 g/mol. The number of amides is 1. The number of carbonyl (C=O) groups excluding carboxylic acids is 1. The number of aryl methyl sites for hydroxylation is 2. The molecule has 174 valence electrons. The van der Waals surface area contributed by atoms with Crippen molar-refractivity contribution in [3.63, 3.8) is 0 Å². The van der Waals surface area contributed by atoms with Crippen molar-refractivity contribution in [2.75, 3.05) is 53.4 Å². The number of rotatable bonds is 8. The van der Waals surface area contributed by atoms with Crippen LogP contribution in [0.15, 0.2) is 24.3 Å². The topological polar surface area (TPSA) is 64.1 Å². The first-order chi connectivity index (χ1) is 14.8. The van der Waals surface area contributed by atoms with Gasteiger partial charge in [0.05, 0.1) is 31.5 Å². The van der Waals surface area contributed by atoms with E-state index in [2.05, 4.69) is 26.0 Å². The molecule has 0 aliphatic heterocycles. The van der Waals surface area contributed by atoms with E-state index in [0.717, 1.165) is 15.8 Å². The maximum Gasteiger partial charge on any atom is 0.260 e. The molecule has 0 fully saturated rings. The maximum absolute atomic E-state index is 13.6. The van der Waals surface area contributed by atoms with Crippen LogP contribution < -0.4 is 19.1 Å². The van der Waals surface area contributed by atoms with Crippen LogP contribution in [0, 0.1) is 13.8 Å². The van der Waals surface area contributed by atoms with Crippen molar-refractivity contribution in [2.45, 2.75) is 13.8 Å². The van der Waals surface area contributed by atoms with Gasteiger partial charge in [0, 0.05) is 18.7 Å². The molecule has 1 amide bonds. The molecule has 0 N–H and O–H groups in total. The Hall–Kier alpha value is -2.55. The molecular formula is C23H30ClN3O4S. The fourth-order valence-corrected chi connectivity index (χ4v) is 4.32. The van der Waals surface area contributed by atoms with Gasteiger partial charge in [-0.2, -0.15) is 0 Å². The van der Waals surface area contributed by atoms with Crippen LogP contribution in [0.4, 0.5) is 5.13 Å². The van der Waals surface area contributed by atoms with Gasteiger partial charge >= 0.3 is 0 Å². The van der Waals surface area contributed by atoms with E-state index in [4.69, 9.17) is 19.2 Å². The highest BCUT2D eigenvalue weighted by Gasteiger charge is 2.25. The van der Waals surface area contributed by atoms with E-state index < -0.39 is 0 Å². The zero-order valence-electron chi connectivity index (χ0n) is 19.5. The lowest BCUT2D eigenvalue weighted by Gasteiger charge is -2.23. The smallest absolute Gasteiger partial charge is 0.260 e. The Bertz CT molecular complexity index is 1080. The van der Waals surface area contributed by atoms with Gasteiger partial charge in [-0.15, -0.1) is 12.4 Å². The van der Waals surface area contributed by atoms with E-state index >= 15 is 0 Å². The molecule has 2 aromatic carbocycles.